The van der Waals surface area contributed by atoms with E-state index in [2.05, 4.69) is 20.5 Å². The molecule has 1 aliphatic heterocycles. The van der Waals surface area contributed by atoms with Crippen molar-refractivity contribution in [3.63, 3.8) is 0 Å². The standard InChI is InChI=1S/C22H26N6O4S3/c1-27-20(15-6-8-16(9-7-15)35(30,31)28-10-12-32-13-11-28)25-26-22(27)33-14-19(29)24-21-23-17-4-2-3-5-18(17)34-21/h6-9H,2-5,10-14H2,1H3,(H,23,24,29). The summed E-state index contributed by atoms with van der Waals surface area (Å²) in [6.07, 6.45) is 4.36. The molecule has 5 rings (SSSR count). The van der Waals surface area contributed by atoms with Crippen LogP contribution in [-0.4, -0.2) is 70.4 Å². The molecule has 1 aliphatic carbocycles. The average Bonchev–Trinajstić information content (AvgIpc) is 3.45. The third kappa shape index (κ3) is 5.28. The molecule has 13 heteroatoms. The number of benzene rings is 1. The van der Waals surface area contributed by atoms with Gasteiger partial charge >= 0.3 is 0 Å². The third-order valence-electron chi connectivity index (χ3n) is 5.98. The van der Waals surface area contributed by atoms with Crippen molar-refractivity contribution < 1.29 is 17.9 Å². The van der Waals surface area contributed by atoms with E-state index in [9.17, 15) is 13.2 Å². The van der Waals surface area contributed by atoms with Crippen LogP contribution in [0.3, 0.4) is 0 Å². The Bertz CT molecular complexity index is 1290. The molecule has 0 spiro atoms. The Labute approximate surface area is 212 Å². The highest BCUT2D eigenvalue weighted by Gasteiger charge is 2.26. The van der Waals surface area contributed by atoms with Gasteiger partial charge in [0, 0.05) is 30.6 Å². The predicted octanol–water partition coefficient (Wildman–Crippen LogP) is 2.57. The molecule has 0 saturated carbocycles. The molecule has 2 aliphatic rings. The number of sulfonamides is 1. The number of ether oxygens (including phenoxy) is 1. The van der Waals surface area contributed by atoms with Crippen LogP contribution in [0.1, 0.15) is 23.4 Å². The van der Waals surface area contributed by atoms with Gasteiger partial charge in [-0.3, -0.25) is 4.79 Å². The molecule has 0 bridgehead atoms. The van der Waals surface area contributed by atoms with Crippen LogP contribution >= 0.6 is 23.1 Å². The zero-order valence-corrected chi connectivity index (χ0v) is 21.7. The van der Waals surface area contributed by atoms with Crippen LogP contribution in [0, 0.1) is 0 Å². The maximum atomic E-state index is 12.8. The largest absolute Gasteiger partial charge is 0.379 e. The van der Waals surface area contributed by atoms with E-state index in [4.69, 9.17) is 4.74 Å². The highest BCUT2D eigenvalue weighted by atomic mass is 32.2. The Balaban J connectivity index is 1.21. The zero-order valence-electron chi connectivity index (χ0n) is 19.3. The number of thiazole rings is 1. The first-order valence-corrected chi connectivity index (χ1v) is 14.6. The topological polar surface area (TPSA) is 119 Å². The molecule has 186 valence electrons. The molecular weight excluding hydrogens is 508 g/mol. The van der Waals surface area contributed by atoms with E-state index in [1.54, 1.807) is 40.2 Å². The Hall–Kier alpha value is -2.32. The van der Waals surface area contributed by atoms with Crippen LogP contribution in [0.5, 0.6) is 0 Å². The van der Waals surface area contributed by atoms with Gasteiger partial charge in [0.1, 0.15) is 0 Å². The normalized spacial score (nSPS) is 16.7. The number of fused-ring (bicyclic) bond motifs is 1. The number of anilines is 1. The first-order valence-electron chi connectivity index (χ1n) is 11.4. The predicted molar refractivity (Wildman–Crippen MR) is 134 cm³/mol. The summed E-state index contributed by atoms with van der Waals surface area (Å²) in [5.74, 6) is 0.645. The summed E-state index contributed by atoms with van der Waals surface area (Å²) >= 11 is 2.85. The summed E-state index contributed by atoms with van der Waals surface area (Å²) in [7, 11) is -1.73. The Morgan fingerprint density at radius 3 is 2.63 bits per heavy atom. The number of nitrogens with zero attached hydrogens (tertiary/aromatic N) is 5. The summed E-state index contributed by atoms with van der Waals surface area (Å²) in [5.41, 5.74) is 1.86. The Morgan fingerprint density at radius 2 is 1.89 bits per heavy atom. The highest BCUT2D eigenvalue weighted by molar-refractivity contribution is 7.99. The Morgan fingerprint density at radius 1 is 1.14 bits per heavy atom. The van der Waals surface area contributed by atoms with Gasteiger partial charge in [0.25, 0.3) is 0 Å². The van der Waals surface area contributed by atoms with Gasteiger partial charge in [0.2, 0.25) is 15.9 Å². The minimum Gasteiger partial charge on any atom is -0.379 e. The summed E-state index contributed by atoms with van der Waals surface area (Å²) in [6, 6.07) is 6.62. The van der Waals surface area contributed by atoms with Crippen LogP contribution in [-0.2, 0) is 39.4 Å². The van der Waals surface area contributed by atoms with Gasteiger partial charge in [-0.25, -0.2) is 13.4 Å². The number of morpholine rings is 1. The smallest absolute Gasteiger partial charge is 0.243 e. The van der Waals surface area contributed by atoms with E-state index in [0.29, 0.717) is 42.4 Å². The third-order valence-corrected chi connectivity index (χ3v) is 9.99. The second-order valence-corrected chi connectivity index (χ2v) is 12.3. The fraction of sp³-hybridized carbons (Fsp3) is 0.455. The molecule has 1 amide bonds. The minimum absolute atomic E-state index is 0.136. The number of carbonyl (C=O) groups is 1. The zero-order chi connectivity index (χ0) is 24.4. The molecule has 3 aromatic rings. The van der Waals surface area contributed by atoms with Crippen molar-refractivity contribution in [1.29, 1.82) is 0 Å². The number of thioether (sulfide) groups is 1. The van der Waals surface area contributed by atoms with Gasteiger partial charge in [-0.2, -0.15) is 4.31 Å². The first-order chi connectivity index (χ1) is 16.9. The average molecular weight is 535 g/mol. The van der Waals surface area contributed by atoms with E-state index >= 15 is 0 Å². The molecule has 1 fully saturated rings. The molecular formula is C22H26N6O4S3. The summed E-state index contributed by atoms with van der Waals surface area (Å²) < 4.78 is 34.2. The van der Waals surface area contributed by atoms with E-state index < -0.39 is 10.0 Å². The lowest BCUT2D eigenvalue weighted by atomic mass is 10.0. The van der Waals surface area contributed by atoms with Crippen molar-refractivity contribution in [2.24, 2.45) is 7.05 Å². The monoisotopic (exact) mass is 534 g/mol. The lowest BCUT2D eigenvalue weighted by Gasteiger charge is -2.26. The van der Waals surface area contributed by atoms with Crippen molar-refractivity contribution in [3.8, 4) is 11.4 Å². The van der Waals surface area contributed by atoms with Gasteiger partial charge in [0.15, 0.2) is 16.1 Å². The van der Waals surface area contributed by atoms with Crippen molar-refractivity contribution in [3.05, 3.63) is 34.8 Å². The molecule has 35 heavy (non-hydrogen) atoms. The number of aromatic nitrogens is 4. The molecule has 1 saturated heterocycles. The van der Waals surface area contributed by atoms with Gasteiger partial charge in [-0.05, 0) is 49.9 Å². The van der Waals surface area contributed by atoms with E-state index in [1.807, 2.05) is 7.05 Å². The van der Waals surface area contributed by atoms with Crippen molar-refractivity contribution in [2.75, 3.05) is 37.4 Å². The molecule has 10 nitrogen and oxygen atoms in total. The van der Waals surface area contributed by atoms with Crippen LogP contribution < -0.4 is 5.32 Å². The minimum atomic E-state index is -3.55. The van der Waals surface area contributed by atoms with E-state index in [1.165, 1.54) is 27.4 Å². The lowest BCUT2D eigenvalue weighted by Crippen LogP contribution is -2.40. The summed E-state index contributed by atoms with van der Waals surface area (Å²) in [6.45, 7) is 1.51. The van der Waals surface area contributed by atoms with Gasteiger partial charge in [0.05, 0.1) is 29.6 Å². The van der Waals surface area contributed by atoms with Gasteiger partial charge in [-0.15, -0.1) is 21.5 Å². The van der Waals surface area contributed by atoms with Crippen LogP contribution in [0.2, 0.25) is 0 Å². The number of rotatable bonds is 7. The van der Waals surface area contributed by atoms with E-state index in [-0.39, 0.29) is 16.6 Å². The molecule has 1 aromatic carbocycles. The second-order valence-electron chi connectivity index (χ2n) is 8.34. The number of aryl methyl sites for hydroxylation is 2. The molecule has 2 aromatic heterocycles. The summed E-state index contributed by atoms with van der Waals surface area (Å²) in [4.78, 5) is 18.5. The molecule has 0 atom stereocenters. The molecule has 3 heterocycles. The maximum absolute atomic E-state index is 12.8. The quantitative estimate of drug-likeness (QED) is 0.460. The van der Waals surface area contributed by atoms with Crippen LogP contribution in [0.25, 0.3) is 11.4 Å². The van der Waals surface area contributed by atoms with Crippen molar-refractivity contribution >= 4 is 44.2 Å². The maximum Gasteiger partial charge on any atom is 0.243 e. The fourth-order valence-electron chi connectivity index (χ4n) is 4.09. The number of nitrogens with one attached hydrogen (secondary N) is 1. The number of carbonyl (C=O) groups excluding carboxylic acids is 1. The fourth-order valence-corrected chi connectivity index (χ4v) is 7.28. The Kier molecular flexibility index (Phi) is 7.21. The number of hydrogen-bond donors (Lipinski definition) is 1. The SMILES string of the molecule is Cn1c(SCC(=O)Nc2nc3c(s2)CCCC3)nnc1-c1ccc(S(=O)(=O)N2CCOCC2)cc1. The number of amides is 1. The molecule has 0 unspecified atom stereocenters. The van der Waals surface area contributed by atoms with Gasteiger partial charge < -0.3 is 14.6 Å². The number of hydrogen-bond acceptors (Lipinski definition) is 9. The van der Waals surface area contributed by atoms with Crippen LogP contribution in [0.15, 0.2) is 34.3 Å². The van der Waals surface area contributed by atoms with E-state index in [0.717, 1.165) is 30.5 Å². The highest BCUT2D eigenvalue weighted by Crippen LogP contribution is 2.30. The van der Waals surface area contributed by atoms with Gasteiger partial charge in [-0.1, -0.05) is 11.8 Å². The first kappa shape index (κ1) is 24.4. The summed E-state index contributed by atoms with van der Waals surface area (Å²) in [5, 5.41) is 12.6. The molecule has 1 N–H and O–H groups in total. The second kappa shape index (κ2) is 10.3. The van der Waals surface area contributed by atoms with Crippen molar-refractivity contribution in [1.82, 2.24) is 24.1 Å². The van der Waals surface area contributed by atoms with Crippen molar-refractivity contribution in [2.45, 2.75) is 35.7 Å². The molecule has 0 radical (unpaired) electrons. The van der Waals surface area contributed by atoms with Crippen LogP contribution in [0.4, 0.5) is 5.13 Å². The lowest BCUT2D eigenvalue weighted by molar-refractivity contribution is -0.113.